The van der Waals surface area contributed by atoms with Crippen molar-refractivity contribution in [2.45, 2.75) is 0 Å². The lowest BCUT2D eigenvalue weighted by atomic mass is 10.2. The first-order chi connectivity index (χ1) is 10.3. The fraction of sp³-hybridized carbons (Fsp3) is 0.286. The van der Waals surface area contributed by atoms with Crippen molar-refractivity contribution in [3.63, 3.8) is 0 Å². The summed E-state index contributed by atoms with van der Waals surface area (Å²) in [6.45, 7) is 3.47. The molecule has 0 amide bonds. The molecule has 1 fully saturated rings. The third-order valence-corrected chi connectivity index (χ3v) is 3.49. The van der Waals surface area contributed by atoms with Crippen LogP contribution in [0.3, 0.4) is 0 Å². The molecule has 0 spiro atoms. The summed E-state index contributed by atoms with van der Waals surface area (Å²) in [6.07, 6.45) is 4.96. The standard InChI is InChI=1S/C14H15N7/c15-7-11-8-19-14(10-17-11)21-5-3-20(4-6-21)12-1-2-13(16)18-9-12/h1-2,8-10H,3-6H2,(H2,16,18). The van der Waals surface area contributed by atoms with Crippen LogP contribution in [-0.2, 0) is 0 Å². The van der Waals surface area contributed by atoms with Crippen LogP contribution in [0.2, 0.25) is 0 Å². The van der Waals surface area contributed by atoms with E-state index in [0.717, 1.165) is 37.7 Å². The van der Waals surface area contributed by atoms with Gasteiger partial charge in [0.05, 0.1) is 24.3 Å². The minimum Gasteiger partial charge on any atom is -0.384 e. The maximum absolute atomic E-state index is 8.73. The third-order valence-electron chi connectivity index (χ3n) is 3.49. The zero-order chi connectivity index (χ0) is 14.7. The Morgan fingerprint density at radius 3 is 2.29 bits per heavy atom. The second-order valence-electron chi connectivity index (χ2n) is 4.79. The van der Waals surface area contributed by atoms with Gasteiger partial charge in [0, 0.05) is 26.2 Å². The number of nitrogens with zero attached hydrogens (tertiary/aromatic N) is 6. The Hall–Kier alpha value is -2.88. The first-order valence-electron chi connectivity index (χ1n) is 6.70. The van der Waals surface area contributed by atoms with Crippen LogP contribution in [0, 0.1) is 11.3 Å². The van der Waals surface area contributed by atoms with Crippen LogP contribution >= 0.6 is 0 Å². The molecular weight excluding hydrogens is 266 g/mol. The van der Waals surface area contributed by atoms with Crippen LogP contribution in [0.5, 0.6) is 0 Å². The Labute approximate surface area is 122 Å². The highest BCUT2D eigenvalue weighted by atomic mass is 15.3. The van der Waals surface area contributed by atoms with Crippen molar-refractivity contribution in [2.24, 2.45) is 0 Å². The summed E-state index contributed by atoms with van der Waals surface area (Å²) in [4.78, 5) is 16.9. The normalized spacial score (nSPS) is 14.8. The number of hydrogen-bond acceptors (Lipinski definition) is 7. The molecule has 0 radical (unpaired) electrons. The van der Waals surface area contributed by atoms with E-state index in [9.17, 15) is 0 Å². The van der Waals surface area contributed by atoms with Gasteiger partial charge in [-0.25, -0.2) is 15.0 Å². The first kappa shape index (κ1) is 13.1. The summed E-state index contributed by atoms with van der Waals surface area (Å²) in [7, 11) is 0. The molecule has 106 valence electrons. The molecule has 0 aromatic carbocycles. The summed E-state index contributed by atoms with van der Waals surface area (Å²) in [5.41, 5.74) is 7.02. The van der Waals surface area contributed by atoms with Gasteiger partial charge in [0.15, 0.2) is 5.69 Å². The van der Waals surface area contributed by atoms with Gasteiger partial charge in [0.2, 0.25) is 0 Å². The molecule has 2 aromatic heterocycles. The van der Waals surface area contributed by atoms with Crippen molar-refractivity contribution in [1.29, 1.82) is 5.26 Å². The second kappa shape index (κ2) is 5.63. The number of hydrogen-bond donors (Lipinski definition) is 1. The molecule has 0 unspecified atom stereocenters. The number of rotatable bonds is 2. The Kier molecular flexibility index (Phi) is 3.51. The Morgan fingerprint density at radius 2 is 1.71 bits per heavy atom. The molecular formula is C14H15N7. The highest BCUT2D eigenvalue weighted by Gasteiger charge is 2.18. The van der Waals surface area contributed by atoms with E-state index in [4.69, 9.17) is 11.0 Å². The van der Waals surface area contributed by atoms with E-state index in [1.165, 1.54) is 6.20 Å². The van der Waals surface area contributed by atoms with Crippen molar-refractivity contribution < 1.29 is 0 Å². The van der Waals surface area contributed by atoms with Gasteiger partial charge in [0.1, 0.15) is 17.7 Å². The van der Waals surface area contributed by atoms with Crippen molar-refractivity contribution in [1.82, 2.24) is 15.0 Å². The van der Waals surface area contributed by atoms with Crippen LogP contribution < -0.4 is 15.5 Å². The first-order valence-corrected chi connectivity index (χ1v) is 6.70. The number of aromatic nitrogens is 3. The van der Waals surface area contributed by atoms with E-state index in [1.807, 2.05) is 18.2 Å². The largest absolute Gasteiger partial charge is 0.384 e. The van der Waals surface area contributed by atoms with Crippen molar-refractivity contribution in [3.05, 3.63) is 36.4 Å². The summed E-state index contributed by atoms with van der Waals surface area (Å²) in [6, 6.07) is 5.77. The lowest BCUT2D eigenvalue weighted by Gasteiger charge is -2.36. The van der Waals surface area contributed by atoms with Crippen LogP contribution in [0.15, 0.2) is 30.7 Å². The molecule has 7 heteroatoms. The Bertz CT molecular complexity index is 637. The molecule has 1 aliphatic rings. The van der Waals surface area contributed by atoms with Crippen molar-refractivity contribution in [3.8, 4) is 6.07 Å². The Balaban J connectivity index is 1.64. The molecule has 3 heterocycles. The summed E-state index contributed by atoms with van der Waals surface area (Å²) >= 11 is 0. The van der Waals surface area contributed by atoms with E-state index in [1.54, 1.807) is 12.4 Å². The monoisotopic (exact) mass is 281 g/mol. The van der Waals surface area contributed by atoms with E-state index in [2.05, 4.69) is 24.8 Å². The number of piperazine rings is 1. The van der Waals surface area contributed by atoms with Gasteiger partial charge >= 0.3 is 0 Å². The van der Waals surface area contributed by atoms with Gasteiger partial charge in [-0.2, -0.15) is 5.26 Å². The second-order valence-corrected chi connectivity index (χ2v) is 4.79. The highest BCUT2D eigenvalue weighted by molar-refractivity contribution is 5.50. The molecule has 0 bridgehead atoms. The molecule has 0 aliphatic carbocycles. The predicted molar refractivity (Wildman–Crippen MR) is 79.8 cm³/mol. The number of nitrogens with two attached hydrogens (primary N) is 1. The number of nitrogen functional groups attached to an aromatic ring is 1. The van der Waals surface area contributed by atoms with Crippen LogP contribution in [-0.4, -0.2) is 41.1 Å². The maximum atomic E-state index is 8.73. The summed E-state index contributed by atoms with van der Waals surface area (Å²) in [5.74, 6) is 1.34. The van der Waals surface area contributed by atoms with E-state index in [-0.39, 0.29) is 0 Å². The van der Waals surface area contributed by atoms with Crippen LogP contribution in [0.1, 0.15) is 5.69 Å². The maximum Gasteiger partial charge on any atom is 0.158 e. The SMILES string of the molecule is N#Cc1cnc(N2CCN(c3ccc(N)nc3)CC2)cn1. The fourth-order valence-electron chi connectivity index (χ4n) is 2.32. The van der Waals surface area contributed by atoms with E-state index in [0.29, 0.717) is 11.5 Å². The van der Waals surface area contributed by atoms with Gasteiger partial charge in [-0.05, 0) is 12.1 Å². The zero-order valence-electron chi connectivity index (χ0n) is 11.5. The van der Waals surface area contributed by atoms with Crippen molar-refractivity contribution >= 4 is 17.3 Å². The number of pyridine rings is 1. The molecule has 3 rings (SSSR count). The third kappa shape index (κ3) is 2.84. The molecule has 21 heavy (non-hydrogen) atoms. The average Bonchev–Trinajstić information content (AvgIpc) is 2.56. The van der Waals surface area contributed by atoms with E-state index >= 15 is 0 Å². The zero-order valence-corrected chi connectivity index (χ0v) is 11.5. The summed E-state index contributed by atoms with van der Waals surface area (Å²) < 4.78 is 0. The average molecular weight is 281 g/mol. The summed E-state index contributed by atoms with van der Waals surface area (Å²) in [5, 5.41) is 8.73. The van der Waals surface area contributed by atoms with Gasteiger partial charge in [-0.15, -0.1) is 0 Å². The lowest BCUT2D eigenvalue weighted by molar-refractivity contribution is 0.645. The number of anilines is 3. The van der Waals surface area contributed by atoms with E-state index < -0.39 is 0 Å². The molecule has 1 aliphatic heterocycles. The van der Waals surface area contributed by atoms with Gasteiger partial charge in [-0.3, -0.25) is 0 Å². The molecule has 0 saturated carbocycles. The molecule has 0 atom stereocenters. The lowest BCUT2D eigenvalue weighted by Crippen LogP contribution is -2.46. The van der Waals surface area contributed by atoms with Crippen LogP contribution in [0.4, 0.5) is 17.3 Å². The van der Waals surface area contributed by atoms with Gasteiger partial charge < -0.3 is 15.5 Å². The molecule has 2 aromatic rings. The molecule has 7 nitrogen and oxygen atoms in total. The Morgan fingerprint density at radius 1 is 0.952 bits per heavy atom. The number of nitriles is 1. The predicted octanol–water partition coefficient (Wildman–Crippen LogP) is 0.652. The topological polar surface area (TPSA) is 95.0 Å². The van der Waals surface area contributed by atoms with Gasteiger partial charge in [0.25, 0.3) is 0 Å². The smallest absolute Gasteiger partial charge is 0.158 e. The molecule has 2 N–H and O–H groups in total. The minimum absolute atomic E-state index is 0.338. The van der Waals surface area contributed by atoms with Crippen molar-refractivity contribution in [2.75, 3.05) is 41.7 Å². The highest BCUT2D eigenvalue weighted by Crippen LogP contribution is 2.18. The minimum atomic E-state index is 0.338. The van der Waals surface area contributed by atoms with Crippen LogP contribution in [0.25, 0.3) is 0 Å². The van der Waals surface area contributed by atoms with Gasteiger partial charge in [-0.1, -0.05) is 0 Å². The quantitative estimate of drug-likeness (QED) is 0.863. The fourth-order valence-corrected chi connectivity index (χ4v) is 2.32. The molecule has 1 saturated heterocycles.